The van der Waals surface area contributed by atoms with Crippen LogP contribution in [0.2, 0.25) is 0 Å². The number of carbonyl (C=O) groups excluding carboxylic acids is 2. The molecule has 0 aliphatic carbocycles. The van der Waals surface area contributed by atoms with E-state index in [1.807, 2.05) is 21.1 Å². The lowest BCUT2D eigenvalue weighted by Crippen LogP contribution is -2.37. The van der Waals surface area contributed by atoms with Crippen molar-refractivity contribution in [2.45, 2.75) is 354 Å². The fourth-order valence-corrected chi connectivity index (χ4v) is 11.7. The van der Waals surface area contributed by atoms with Gasteiger partial charge in [0.05, 0.1) is 27.7 Å². The maximum Gasteiger partial charge on any atom is 0.472 e. The summed E-state index contributed by atoms with van der Waals surface area (Å²) in [6, 6.07) is 0. The van der Waals surface area contributed by atoms with Crippen LogP contribution in [0.25, 0.3) is 0 Å². The van der Waals surface area contributed by atoms with Crippen LogP contribution in [-0.4, -0.2) is 74.9 Å². The number of hydrogen-bond acceptors (Lipinski definition) is 7. The van der Waals surface area contributed by atoms with Crippen molar-refractivity contribution < 1.29 is 42.1 Å². The molecule has 0 fully saturated rings. The van der Waals surface area contributed by atoms with Gasteiger partial charge in [0, 0.05) is 12.8 Å². The summed E-state index contributed by atoms with van der Waals surface area (Å²) in [7, 11) is 1.49. The van der Waals surface area contributed by atoms with E-state index < -0.39 is 26.5 Å². The smallest absolute Gasteiger partial charge is 0.462 e. The second kappa shape index (κ2) is 72.0. The zero-order valence-electron chi connectivity index (χ0n) is 60.8. The summed E-state index contributed by atoms with van der Waals surface area (Å²) in [6.07, 6.45) is 102. The van der Waals surface area contributed by atoms with E-state index in [1.54, 1.807) is 0 Å². The highest BCUT2D eigenvalue weighted by molar-refractivity contribution is 7.47. The quantitative estimate of drug-likeness (QED) is 0.0211. The average Bonchev–Trinajstić information content (AvgIpc) is 2.14. The van der Waals surface area contributed by atoms with Gasteiger partial charge >= 0.3 is 19.8 Å². The minimum atomic E-state index is -4.40. The fraction of sp³-hybridized carbons (Fsp3) is 0.756. The number of quaternary nitrogens is 1. The van der Waals surface area contributed by atoms with Gasteiger partial charge in [-0.05, 0) is 96.3 Å². The first-order chi connectivity index (χ1) is 45.0. The maximum atomic E-state index is 12.9. The Morgan fingerprint density at radius 2 is 0.587 bits per heavy atom. The number of rotatable bonds is 71. The molecule has 2 unspecified atom stereocenters. The third-order valence-electron chi connectivity index (χ3n) is 16.8. The summed E-state index contributed by atoms with van der Waals surface area (Å²) in [5, 5.41) is 0. The van der Waals surface area contributed by atoms with E-state index in [-0.39, 0.29) is 32.0 Å². The van der Waals surface area contributed by atoms with Gasteiger partial charge in [0.1, 0.15) is 19.8 Å². The van der Waals surface area contributed by atoms with Crippen molar-refractivity contribution in [3.05, 3.63) is 109 Å². The Morgan fingerprint density at radius 3 is 0.870 bits per heavy atom. The first kappa shape index (κ1) is 88.7. The van der Waals surface area contributed by atoms with Crippen LogP contribution in [-0.2, 0) is 32.7 Å². The third-order valence-corrected chi connectivity index (χ3v) is 17.8. The largest absolute Gasteiger partial charge is 0.472 e. The Morgan fingerprint density at radius 1 is 0.337 bits per heavy atom. The molecule has 0 aliphatic rings. The Balaban J connectivity index is 3.94. The lowest BCUT2D eigenvalue weighted by Gasteiger charge is -2.24. The second-order valence-electron chi connectivity index (χ2n) is 27.0. The molecule has 0 aliphatic heterocycles. The van der Waals surface area contributed by atoms with Crippen LogP contribution in [0.4, 0.5) is 0 Å². The van der Waals surface area contributed by atoms with Gasteiger partial charge in [-0.15, -0.1) is 0 Å². The molecule has 0 aromatic carbocycles. The van der Waals surface area contributed by atoms with Crippen LogP contribution in [0, 0.1) is 0 Å². The highest BCUT2D eigenvalue weighted by Gasteiger charge is 2.27. The molecular formula is C82H147NO8P+. The number of carbonyl (C=O) groups is 2. The van der Waals surface area contributed by atoms with Crippen LogP contribution < -0.4 is 0 Å². The van der Waals surface area contributed by atoms with Crippen molar-refractivity contribution in [3.63, 3.8) is 0 Å². The monoisotopic (exact) mass is 1310 g/mol. The molecule has 2 atom stereocenters. The van der Waals surface area contributed by atoms with Crippen LogP contribution in [0.1, 0.15) is 348 Å². The summed E-state index contributed by atoms with van der Waals surface area (Å²) < 4.78 is 34.8. The topological polar surface area (TPSA) is 108 Å². The van der Waals surface area contributed by atoms with E-state index in [2.05, 4.69) is 123 Å². The van der Waals surface area contributed by atoms with Crippen molar-refractivity contribution in [1.29, 1.82) is 0 Å². The Hall–Kier alpha value is -3.33. The molecule has 92 heavy (non-hydrogen) atoms. The second-order valence-corrected chi connectivity index (χ2v) is 28.4. The highest BCUT2D eigenvalue weighted by atomic mass is 31.2. The van der Waals surface area contributed by atoms with Crippen LogP contribution in [0.3, 0.4) is 0 Å². The molecule has 0 heterocycles. The fourth-order valence-electron chi connectivity index (χ4n) is 11.0. The zero-order valence-corrected chi connectivity index (χ0v) is 61.7. The Labute approximate surface area is 569 Å². The molecule has 0 amide bonds. The van der Waals surface area contributed by atoms with E-state index in [4.69, 9.17) is 18.5 Å². The van der Waals surface area contributed by atoms with Crippen LogP contribution in [0.15, 0.2) is 109 Å². The number of allylic oxidation sites excluding steroid dienone is 18. The predicted octanol–water partition coefficient (Wildman–Crippen LogP) is 25.6. The van der Waals surface area contributed by atoms with Gasteiger partial charge in [0.25, 0.3) is 0 Å². The normalized spacial score (nSPS) is 13.7. The summed E-state index contributed by atoms with van der Waals surface area (Å²) in [6.45, 7) is 4.25. The summed E-state index contributed by atoms with van der Waals surface area (Å²) in [4.78, 5) is 36.0. The molecule has 0 bridgehead atoms. The SMILES string of the molecule is CC/C=C\C/C=C\C/C=C\C/C=C\C/C=C\CCCCCCCCCCCCCCCCCCCCCCCCCC(=O)OC(COC(=O)CCCCCCCCCCCCCCCCCC/C=C\C/C=C\C/C=C\C/C=C\CC)COP(=O)(O)OCC[N+](C)(C)C. The number of esters is 2. The van der Waals surface area contributed by atoms with Crippen molar-refractivity contribution in [2.75, 3.05) is 47.5 Å². The number of likely N-dealkylation sites (N-methyl/N-ethyl adjacent to an activating group) is 1. The number of phosphoric ester groups is 1. The molecule has 532 valence electrons. The minimum Gasteiger partial charge on any atom is -0.462 e. The zero-order chi connectivity index (χ0) is 66.9. The first-order valence-corrected chi connectivity index (χ1v) is 40.1. The van der Waals surface area contributed by atoms with Crippen molar-refractivity contribution >= 4 is 19.8 Å². The molecule has 0 radical (unpaired) electrons. The van der Waals surface area contributed by atoms with Crippen molar-refractivity contribution in [2.24, 2.45) is 0 Å². The van der Waals surface area contributed by atoms with E-state index >= 15 is 0 Å². The van der Waals surface area contributed by atoms with Gasteiger partial charge in [0.15, 0.2) is 6.10 Å². The van der Waals surface area contributed by atoms with E-state index in [1.165, 1.54) is 225 Å². The molecule has 0 aromatic rings. The number of nitrogens with zero attached hydrogens (tertiary/aromatic N) is 1. The number of ether oxygens (including phenoxy) is 2. The third kappa shape index (κ3) is 75.7. The molecular weight excluding hydrogens is 1160 g/mol. The summed E-state index contributed by atoms with van der Waals surface area (Å²) in [5.74, 6) is -0.783. The lowest BCUT2D eigenvalue weighted by molar-refractivity contribution is -0.870. The molecule has 0 saturated carbocycles. The summed E-state index contributed by atoms with van der Waals surface area (Å²) in [5.41, 5.74) is 0. The molecule has 9 nitrogen and oxygen atoms in total. The van der Waals surface area contributed by atoms with E-state index in [9.17, 15) is 19.0 Å². The first-order valence-electron chi connectivity index (χ1n) is 38.6. The Kier molecular flexibility index (Phi) is 69.3. The molecule has 10 heteroatoms. The Bertz CT molecular complexity index is 1920. The van der Waals surface area contributed by atoms with E-state index in [0.29, 0.717) is 17.4 Å². The molecule has 0 rings (SSSR count). The van der Waals surface area contributed by atoms with Gasteiger partial charge in [-0.25, -0.2) is 4.57 Å². The van der Waals surface area contributed by atoms with Gasteiger partial charge in [0.2, 0.25) is 0 Å². The minimum absolute atomic E-state index is 0.0309. The van der Waals surface area contributed by atoms with Crippen LogP contribution >= 0.6 is 7.82 Å². The van der Waals surface area contributed by atoms with Gasteiger partial charge in [-0.3, -0.25) is 18.6 Å². The summed E-state index contributed by atoms with van der Waals surface area (Å²) >= 11 is 0. The molecule has 0 saturated heterocycles. The van der Waals surface area contributed by atoms with Crippen LogP contribution in [0.5, 0.6) is 0 Å². The maximum absolute atomic E-state index is 12.9. The molecule has 0 aromatic heterocycles. The van der Waals surface area contributed by atoms with Gasteiger partial charge < -0.3 is 18.9 Å². The lowest BCUT2D eigenvalue weighted by atomic mass is 10.0. The van der Waals surface area contributed by atoms with E-state index in [0.717, 1.165) is 89.9 Å². The highest BCUT2D eigenvalue weighted by Crippen LogP contribution is 2.43. The van der Waals surface area contributed by atoms with Gasteiger partial charge in [-0.1, -0.05) is 348 Å². The predicted molar refractivity (Wildman–Crippen MR) is 399 cm³/mol. The van der Waals surface area contributed by atoms with Gasteiger partial charge in [-0.2, -0.15) is 0 Å². The number of phosphoric acid groups is 1. The average molecular weight is 1310 g/mol. The number of hydrogen-bond donors (Lipinski definition) is 1. The molecule has 1 N–H and O–H groups in total. The molecule has 0 spiro atoms. The standard InChI is InChI=1S/C82H146NO8P/c1-6-8-10-12-14-16-18-20-22-24-26-28-30-32-34-36-37-38-39-40-41-42-43-44-45-47-49-51-53-55-57-59-61-63-65-67-69-71-73-75-82(85)91-80(79-90-92(86,87)89-77-76-83(3,4)5)78-88-81(84)74-72-70-68-66-64-62-60-58-56-54-52-50-48-46-35-33-31-29-27-25-23-21-19-17-15-13-11-9-7-2/h8-11,14-17,20-23,26-29,32,34,80H,6-7,12-13,18-19,24-25,30-31,33,35-79H2,1-5H3/p+1/b10-8-,11-9-,16-14-,17-15-,22-20-,23-21-,28-26-,29-27-,34-32-. The van der Waals surface area contributed by atoms with Crippen molar-refractivity contribution in [1.82, 2.24) is 0 Å². The van der Waals surface area contributed by atoms with Crippen molar-refractivity contribution in [3.8, 4) is 0 Å². The number of unbranched alkanes of at least 4 members (excludes halogenated alkanes) is 39.